The largest absolute Gasteiger partial charge is 0.374 e. The second-order valence-electron chi connectivity index (χ2n) is 7.18. The minimum absolute atomic E-state index is 0.0669. The van der Waals surface area contributed by atoms with Crippen LogP contribution < -0.4 is 20.8 Å². The number of amides is 1. The number of benzene rings is 3. The van der Waals surface area contributed by atoms with Crippen molar-refractivity contribution in [3.05, 3.63) is 88.9 Å². The molecule has 3 aromatic carbocycles. The first kappa shape index (κ1) is 22.9. The Morgan fingerprint density at radius 2 is 1.79 bits per heavy atom. The average molecular weight is 500 g/mol. The van der Waals surface area contributed by atoms with E-state index in [1.165, 1.54) is 18.2 Å². The van der Waals surface area contributed by atoms with Crippen LogP contribution in [-0.4, -0.2) is 25.1 Å². The molecule has 1 aliphatic heterocycles. The average Bonchev–Trinajstić information content (AvgIpc) is 3.02. The van der Waals surface area contributed by atoms with Crippen molar-refractivity contribution in [1.29, 1.82) is 0 Å². The monoisotopic (exact) mass is 499 g/mol. The molecule has 4 rings (SSSR count). The van der Waals surface area contributed by atoms with Crippen LogP contribution in [0.3, 0.4) is 0 Å². The van der Waals surface area contributed by atoms with Gasteiger partial charge in [0.1, 0.15) is 0 Å². The van der Waals surface area contributed by atoms with Crippen LogP contribution in [0.2, 0.25) is 5.02 Å². The van der Waals surface area contributed by atoms with Gasteiger partial charge in [0.2, 0.25) is 10.0 Å². The Hall–Kier alpha value is -3.31. The van der Waals surface area contributed by atoms with Gasteiger partial charge in [-0.05, 0) is 54.2 Å². The van der Waals surface area contributed by atoms with E-state index in [2.05, 4.69) is 5.10 Å². The number of hydrogen-bond donors (Lipinski definition) is 2. The third kappa shape index (κ3) is 4.74. The van der Waals surface area contributed by atoms with Gasteiger partial charge in [-0.1, -0.05) is 48.0 Å². The summed E-state index contributed by atoms with van der Waals surface area (Å²) in [5, 5.41) is 11.0. The molecule has 0 saturated heterocycles. The van der Waals surface area contributed by atoms with Gasteiger partial charge < -0.3 is 10.6 Å². The fourth-order valence-corrected chi connectivity index (χ4v) is 4.30. The van der Waals surface area contributed by atoms with E-state index in [4.69, 9.17) is 34.7 Å². The molecule has 3 aromatic rings. The van der Waals surface area contributed by atoms with Crippen LogP contribution in [0.25, 0.3) is 0 Å². The van der Waals surface area contributed by atoms with Gasteiger partial charge in [-0.25, -0.2) is 18.6 Å². The van der Waals surface area contributed by atoms with Crippen molar-refractivity contribution in [3.8, 4) is 0 Å². The molecule has 0 spiro atoms. The summed E-state index contributed by atoms with van der Waals surface area (Å²) in [4.78, 5) is 14.9. The molecule has 0 aliphatic carbocycles. The Morgan fingerprint density at radius 3 is 2.45 bits per heavy atom. The number of fused-ring (bicyclic) bond motifs is 1. The fraction of sp³-hybridized carbons (Fsp3) is 0.0455. The number of anilines is 2. The Kier molecular flexibility index (Phi) is 6.17. The standard InChI is InChI=1S/C22H18ClN5O3S2/c23-15-9-10-19-18(11-15)20(21(29)27(19)13-14-5-2-1-3-6-14)26-28(22(24)32)16-7-4-8-17(12-16)33(25,30)31/h1-12H,13H2,(H2,24,32)(H2,25,30,31)/b26-20-. The topological polar surface area (TPSA) is 122 Å². The van der Waals surface area contributed by atoms with E-state index >= 15 is 0 Å². The molecule has 0 aromatic heterocycles. The van der Waals surface area contributed by atoms with E-state index in [0.717, 1.165) is 10.6 Å². The predicted octanol–water partition coefficient (Wildman–Crippen LogP) is 2.99. The lowest BCUT2D eigenvalue weighted by Crippen LogP contribution is -2.35. The first-order valence-corrected chi connectivity index (χ1v) is 11.9. The molecule has 0 radical (unpaired) electrons. The number of carbonyl (C=O) groups is 1. The summed E-state index contributed by atoms with van der Waals surface area (Å²) in [6, 6.07) is 20.2. The minimum Gasteiger partial charge on any atom is -0.374 e. The van der Waals surface area contributed by atoms with Crippen molar-refractivity contribution in [2.45, 2.75) is 11.4 Å². The molecule has 0 saturated carbocycles. The fourth-order valence-electron chi connectivity index (χ4n) is 3.43. The molecule has 168 valence electrons. The number of rotatable bonds is 5. The third-order valence-electron chi connectivity index (χ3n) is 4.94. The number of nitrogens with two attached hydrogens (primary N) is 2. The molecule has 4 N–H and O–H groups in total. The van der Waals surface area contributed by atoms with Crippen LogP contribution in [0, 0.1) is 0 Å². The van der Waals surface area contributed by atoms with E-state index in [9.17, 15) is 13.2 Å². The maximum Gasteiger partial charge on any atom is 0.279 e. The number of nitrogens with zero attached hydrogens (tertiary/aromatic N) is 3. The quantitative estimate of drug-likeness (QED) is 0.411. The highest BCUT2D eigenvalue weighted by Gasteiger charge is 2.35. The molecule has 33 heavy (non-hydrogen) atoms. The first-order valence-electron chi connectivity index (χ1n) is 9.62. The van der Waals surface area contributed by atoms with Gasteiger partial charge in [-0.2, -0.15) is 5.10 Å². The van der Waals surface area contributed by atoms with Crippen molar-refractivity contribution in [1.82, 2.24) is 0 Å². The highest BCUT2D eigenvalue weighted by atomic mass is 35.5. The Morgan fingerprint density at radius 1 is 1.06 bits per heavy atom. The molecule has 1 amide bonds. The van der Waals surface area contributed by atoms with Gasteiger partial charge in [0, 0.05) is 10.6 Å². The van der Waals surface area contributed by atoms with Crippen LogP contribution in [-0.2, 0) is 21.4 Å². The van der Waals surface area contributed by atoms with Gasteiger partial charge in [-0.3, -0.25) is 4.79 Å². The summed E-state index contributed by atoms with van der Waals surface area (Å²) < 4.78 is 23.6. The summed E-state index contributed by atoms with van der Waals surface area (Å²) in [5.74, 6) is -0.375. The van der Waals surface area contributed by atoms with Crippen molar-refractivity contribution >= 4 is 61.9 Å². The molecule has 0 atom stereocenters. The molecular weight excluding hydrogens is 482 g/mol. The number of hydrogen-bond acceptors (Lipinski definition) is 5. The number of sulfonamides is 1. The van der Waals surface area contributed by atoms with Crippen LogP contribution in [0.4, 0.5) is 11.4 Å². The minimum atomic E-state index is -3.97. The van der Waals surface area contributed by atoms with Crippen LogP contribution in [0.1, 0.15) is 11.1 Å². The van der Waals surface area contributed by atoms with E-state index < -0.39 is 10.0 Å². The van der Waals surface area contributed by atoms with Crippen molar-refractivity contribution in [3.63, 3.8) is 0 Å². The third-order valence-corrected chi connectivity index (χ3v) is 6.25. The molecule has 1 heterocycles. The highest BCUT2D eigenvalue weighted by Crippen LogP contribution is 2.33. The summed E-state index contributed by atoms with van der Waals surface area (Å²) in [5.41, 5.74) is 8.25. The summed E-state index contributed by atoms with van der Waals surface area (Å²) in [6.07, 6.45) is 0. The van der Waals surface area contributed by atoms with E-state index in [-0.39, 0.29) is 27.3 Å². The zero-order valence-electron chi connectivity index (χ0n) is 17.1. The molecule has 11 heteroatoms. The zero-order chi connectivity index (χ0) is 23.8. The predicted molar refractivity (Wildman–Crippen MR) is 133 cm³/mol. The summed E-state index contributed by atoms with van der Waals surface area (Å²) in [7, 11) is -3.97. The smallest absolute Gasteiger partial charge is 0.279 e. The molecular formula is C22H18ClN5O3S2. The van der Waals surface area contributed by atoms with Gasteiger partial charge in [0.05, 0.1) is 22.8 Å². The van der Waals surface area contributed by atoms with E-state index in [1.807, 2.05) is 30.3 Å². The SMILES string of the molecule is NC(=S)N(/N=C1\C(=O)N(Cc2ccccc2)c2ccc(Cl)cc21)c1cccc(S(N)(=O)=O)c1. The lowest BCUT2D eigenvalue weighted by Gasteiger charge is -2.19. The molecule has 0 bridgehead atoms. The van der Waals surface area contributed by atoms with Crippen molar-refractivity contribution < 1.29 is 13.2 Å². The Balaban J connectivity index is 1.81. The maximum atomic E-state index is 13.4. The lowest BCUT2D eigenvalue weighted by atomic mass is 10.1. The van der Waals surface area contributed by atoms with Crippen LogP contribution in [0.15, 0.2) is 82.8 Å². The van der Waals surface area contributed by atoms with E-state index in [0.29, 0.717) is 22.8 Å². The maximum absolute atomic E-state index is 13.4. The number of carbonyl (C=O) groups excluding carboxylic acids is 1. The second kappa shape index (κ2) is 8.91. The normalized spacial score (nSPS) is 14.4. The molecule has 8 nitrogen and oxygen atoms in total. The Labute approximate surface area is 201 Å². The number of primary sulfonamides is 1. The lowest BCUT2D eigenvalue weighted by molar-refractivity contribution is -0.112. The highest BCUT2D eigenvalue weighted by molar-refractivity contribution is 7.89. The van der Waals surface area contributed by atoms with Crippen molar-refractivity contribution in [2.75, 3.05) is 9.91 Å². The van der Waals surface area contributed by atoms with Crippen LogP contribution >= 0.6 is 23.8 Å². The number of halogens is 1. The van der Waals surface area contributed by atoms with Crippen LogP contribution in [0.5, 0.6) is 0 Å². The molecule has 0 unspecified atom stereocenters. The van der Waals surface area contributed by atoms with E-state index in [1.54, 1.807) is 29.2 Å². The first-order chi connectivity index (χ1) is 15.6. The van der Waals surface area contributed by atoms with Gasteiger partial charge in [0.25, 0.3) is 5.91 Å². The molecule has 0 fully saturated rings. The zero-order valence-corrected chi connectivity index (χ0v) is 19.4. The number of hydrazone groups is 1. The summed E-state index contributed by atoms with van der Waals surface area (Å²) in [6.45, 7) is 0.321. The van der Waals surface area contributed by atoms with Crippen molar-refractivity contribution in [2.24, 2.45) is 16.0 Å². The van der Waals surface area contributed by atoms with Gasteiger partial charge in [0.15, 0.2) is 10.8 Å². The van der Waals surface area contributed by atoms with Gasteiger partial charge >= 0.3 is 0 Å². The second-order valence-corrected chi connectivity index (χ2v) is 9.60. The van der Waals surface area contributed by atoms with Gasteiger partial charge in [-0.15, -0.1) is 0 Å². The summed E-state index contributed by atoms with van der Waals surface area (Å²) >= 11 is 11.3. The molecule has 1 aliphatic rings. The number of thiocarbonyl (C=S) groups is 1. The Bertz CT molecular complexity index is 1390.